The fourth-order valence-electron chi connectivity index (χ4n) is 2.25. The number of nitrogens with one attached hydrogen (secondary N) is 2. The number of phenolic OH excluding ortho intramolecular Hbond substituents is 1. The van der Waals surface area contributed by atoms with Crippen LogP contribution in [0.3, 0.4) is 0 Å². The van der Waals surface area contributed by atoms with Crippen LogP contribution in [0.25, 0.3) is 0 Å². The summed E-state index contributed by atoms with van der Waals surface area (Å²) >= 11 is 0. The lowest BCUT2D eigenvalue weighted by Crippen LogP contribution is -2.45. The third kappa shape index (κ3) is 8.13. The smallest absolute Gasteiger partial charge is 0.191 e. The summed E-state index contributed by atoms with van der Waals surface area (Å²) in [6.45, 7) is 10.2. The Balaban J connectivity index is 0.00000576. The summed E-state index contributed by atoms with van der Waals surface area (Å²) in [5.41, 5.74) is 0.745. The molecule has 1 atom stereocenters. The van der Waals surface area contributed by atoms with Gasteiger partial charge in [-0.25, -0.2) is 4.99 Å². The molecular formula is C18H32IN3O3. The number of hydrogen-bond donors (Lipinski definition) is 3. The third-order valence-electron chi connectivity index (χ3n) is 3.74. The van der Waals surface area contributed by atoms with Crippen LogP contribution < -0.4 is 15.4 Å². The summed E-state index contributed by atoms with van der Waals surface area (Å²) in [6, 6.07) is 5.12. The Kier molecular flexibility index (Phi) is 10.8. The van der Waals surface area contributed by atoms with E-state index in [0.29, 0.717) is 30.4 Å². The van der Waals surface area contributed by atoms with E-state index in [0.717, 1.165) is 6.54 Å². The zero-order chi connectivity index (χ0) is 18.2. The summed E-state index contributed by atoms with van der Waals surface area (Å²) in [5.74, 6) is 1.59. The van der Waals surface area contributed by atoms with Gasteiger partial charge in [0.2, 0.25) is 0 Å². The molecule has 0 amide bonds. The number of benzene rings is 1. The molecular weight excluding hydrogens is 433 g/mol. The lowest BCUT2D eigenvalue weighted by atomic mass is 9.89. The van der Waals surface area contributed by atoms with Crippen molar-refractivity contribution in [2.75, 3.05) is 27.3 Å². The Hall–Kier alpha value is -1.22. The maximum absolute atomic E-state index is 9.95. The van der Waals surface area contributed by atoms with Gasteiger partial charge in [0.1, 0.15) is 11.5 Å². The van der Waals surface area contributed by atoms with Gasteiger partial charge in [0.25, 0.3) is 0 Å². The molecule has 6 nitrogen and oxygen atoms in total. The molecule has 1 rings (SSSR count). The zero-order valence-corrected chi connectivity index (χ0v) is 18.4. The third-order valence-corrected chi connectivity index (χ3v) is 3.74. The van der Waals surface area contributed by atoms with Crippen LogP contribution in [-0.2, 0) is 11.3 Å². The van der Waals surface area contributed by atoms with Crippen molar-refractivity contribution in [2.45, 2.75) is 40.3 Å². The first-order valence-electron chi connectivity index (χ1n) is 8.22. The molecule has 0 aliphatic heterocycles. The monoisotopic (exact) mass is 465 g/mol. The number of nitrogens with zero attached hydrogens (tertiary/aromatic N) is 1. The van der Waals surface area contributed by atoms with Gasteiger partial charge in [-0.15, -0.1) is 24.0 Å². The van der Waals surface area contributed by atoms with E-state index in [-0.39, 0.29) is 41.2 Å². The first-order valence-corrected chi connectivity index (χ1v) is 8.22. The number of phenols is 1. The predicted octanol–water partition coefficient (Wildman–Crippen LogP) is 3.14. The van der Waals surface area contributed by atoms with Crippen molar-refractivity contribution in [1.29, 1.82) is 0 Å². The van der Waals surface area contributed by atoms with E-state index in [1.807, 2.05) is 6.92 Å². The summed E-state index contributed by atoms with van der Waals surface area (Å²) < 4.78 is 10.7. The SMILES string of the molecule is CCNC(=NCc1cc(OC)ccc1O)NCC(OC)C(C)(C)C.I. The highest BCUT2D eigenvalue weighted by Crippen LogP contribution is 2.23. The average Bonchev–Trinajstić information content (AvgIpc) is 2.53. The molecule has 25 heavy (non-hydrogen) atoms. The van der Waals surface area contributed by atoms with E-state index >= 15 is 0 Å². The number of rotatable bonds is 7. The summed E-state index contributed by atoms with van der Waals surface area (Å²) in [4.78, 5) is 4.53. The quantitative estimate of drug-likeness (QED) is 0.328. The Morgan fingerprint density at radius 3 is 2.44 bits per heavy atom. The second kappa shape index (κ2) is 11.4. The van der Waals surface area contributed by atoms with Gasteiger partial charge in [0.05, 0.1) is 19.8 Å². The average molecular weight is 465 g/mol. The van der Waals surface area contributed by atoms with Crippen LogP contribution in [0, 0.1) is 5.41 Å². The van der Waals surface area contributed by atoms with Crippen LogP contribution in [0.4, 0.5) is 0 Å². The van der Waals surface area contributed by atoms with Crippen molar-refractivity contribution >= 4 is 29.9 Å². The van der Waals surface area contributed by atoms with Gasteiger partial charge in [-0.1, -0.05) is 20.8 Å². The molecule has 0 aliphatic carbocycles. The van der Waals surface area contributed by atoms with Crippen molar-refractivity contribution in [3.05, 3.63) is 23.8 Å². The molecule has 0 aromatic heterocycles. The van der Waals surface area contributed by atoms with E-state index in [4.69, 9.17) is 9.47 Å². The largest absolute Gasteiger partial charge is 0.508 e. The fraction of sp³-hybridized carbons (Fsp3) is 0.611. The second-order valence-corrected chi connectivity index (χ2v) is 6.66. The topological polar surface area (TPSA) is 75.1 Å². The Morgan fingerprint density at radius 2 is 1.92 bits per heavy atom. The van der Waals surface area contributed by atoms with Gasteiger partial charge in [0, 0.05) is 25.8 Å². The number of aliphatic imine (C=N–C) groups is 1. The molecule has 0 saturated carbocycles. The first kappa shape index (κ1) is 23.8. The first-order chi connectivity index (χ1) is 11.3. The molecule has 0 bridgehead atoms. The van der Waals surface area contributed by atoms with Crippen molar-refractivity contribution in [3.63, 3.8) is 0 Å². The minimum absolute atomic E-state index is 0. The number of ether oxygens (including phenoxy) is 2. The van der Waals surface area contributed by atoms with Crippen LogP contribution in [0.1, 0.15) is 33.3 Å². The summed E-state index contributed by atoms with van der Waals surface area (Å²) in [6.07, 6.45) is 0.0616. The molecule has 1 aromatic rings. The summed E-state index contributed by atoms with van der Waals surface area (Å²) in [7, 11) is 3.32. The van der Waals surface area contributed by atoms with Crippen LogP contribution in [0.5, 0.6) is 11.5 Å². The van der Waals surface area contributed by atoms with E-state index in [2.05, 4.69) is 36.4 Å². The van der Waals surface area contributed by atoms with E-state index in [1.54, 1.807) is 32.4 Å². The summed E-state index contributed by atoms with van der Waals surface area (Å²) in [5, 5.41) is 16.5. The Labute approximate surface area is 168 Å². The van der Waals surface area contributed by atoms with Gasteiger partial charge in [-0.05, 0) is 30.5 Å². The molecule has 0 fully saturated rings. The van der Waals surface area contributed by atoms with Crippen molar-refractivity contribution in [3.8, 4) is 11.5 Å². The molecule has 0 radical (unpaired) electrons. The van der Waals surface area contributed by atoms with Crippen LogP contribution in [-0.4, -0.2) is 44.5 Å². The molecule has 0 aliphatic rings. The maximum Gasteiger partial charge on any atom is 0.191 e. The highest BCUT2D eigenvalue weighted by molar-refractivity contribution is 14.0. The lowest BCUT2D eigenvalue weighted by molar-refractivity contribution is 0.0205. The highest BCUT2D eigenvalue weighted by atomic mass is 127. The molecule has 7 heteroatoms. The number of guanidine groups is 1. The van der Waals surface area contributed by atoms with Crippen LogP contribution >= 0.6 is 24.0 Å². The number of hydrogen-bond acceptors (Lipinski definition) is 4. The predicted molar refractivity (Wildman–Crippen MR) is 113 cm³/mol. The second-order valence-electron chi connectivity index (χ2n) is 6.66. The van der Waals surface area contributed by atoms with E-state index < -0.39 is 0 Å². The zero-order valence-electron chi connectivity index (χ0n) is 16.0. The van der Waals surface area contributed by atoms with Gasteiger partial charge < -0.3 is 25.2 Å². The van der Waals surface area contributed by atoms with Crippen molar-refractivity contribution in [2.24, 2.45) is 10.4 Å². The standard InChI is InChI=1S/C18H31N3O3.HI/c1-7-19-17(21-12-16(24-6)18(2,3)4)20-11-13-10-14(23-5)8-9-15(13)22;/h8-10,16,22H,7,11-12H2,1-6H3,(H2,19,20,21);1H. The van der Waals surface area contributed by atoms with Crippen LogP contribution in [0.15, 0.2) is 23.2 Å². The minimum Gasteiger partial charge on any atom is -0.508 e. The number of methoxy groups -OCH3 is 2. The van der Waals surface area contributed by atoms with Crippen molar-refractivity contribution in [1.82, 2.24) is 10.6 Å². The van der Waals surface area contributed by atoms with Gasteiger partial charge in [-0.2, -0.15) is 0 Å². The van der Waals surface area contributed by atoms with Gasteiger partial charge >= 0.3 is 0 Å². The highest BCUT2D eigenvalue weighted by Gasteiger charge is 2.24. The molecule has 0 heterocycles. The Bertz CT molecular complexity index is 545. The van der Waals surface area contributed by atoms with E-state index in [1.165, 1.54) is 0 Å². The van der Waals surface area contributed by atoms with Gasteiger partial charge in [-0.3, -0.25) is 0 Å². The van der Waals surface area contributed by atoms with E-state index in [9.17, 15) is 5.11 Å². The molecule has 1 unspecified atom stereocenters. The molecule has 3 N–H and O–H groups in total. The maximum atomic E-state index is 9.95. The minimum atomic E-state index is 0. The number of halogens is 1. The Morgan fingerprint density at radius 1 is 1.24 bits per heavy atom. The van der Waals surface area contributed by atoms with Crippen LogP contribution in [0.2, 0.25) is 0 Å². The molecule has 0 saturated heterocycles. The molecule has 0 spiro atoms. The number of aromatic hydroxyl groups is 1. The molecule has 144 valence electrons. The normalized spacial score (nSPS) is 13.0. The van der Waals surface area contributed by atoms with Gasteiger partial charge in [0.15, 0.2) is 5.96 Å². The lowest BCUT2D eigenvalue weighted by Gasteiger charge is -2.30. The fourth-order valence-corrected chi connectivity index (χ4v) is 2.25. The molecule has 1 aromatic carbocycles. The van der Waals surface area contributed by atoms with Crippen molar-refractivity contribution < 1.29 is 14.6 Å².